The van der Waals surface area contributed by atoms with E-state index in [0.29, 0.717) is 11.7 Å². The Bertz CT molecular complexity index is 546. The lowest BCUT2D eigenvalue weighted by Crippen LogP contribution is -2.53. The lowest BCUT2D eigenvalue weighted by Gasteiger charge is -2.58. The van der Waals surface area contributed by atoms with Gasteiger partial charge in [0.1, 0.15) is 0 Å². The van der Waals surface area contributed by atoms with Crippen molar-refractivity contribution in [2.24, 2.45) is 28.6 Å². The van der Waals surface area contributed by atoms with Crippen molar-refractivity contribution in [3.63, 3.8) is 0 Å². The summed E-state index contributed by atoms with van der Waals surface area (Å²) in [5, 5.41) is 10.9. The van der Waals surface area contributed by atoms with Crippen molar-refractivity contribution in [2.45, 2.75) is 77.7 Å². The first-order chi connectivity index (χ1) is 10.3. The summed E-state index contributed by atoms with van der Waals surface area (Å²) < 4.78 is 0. The fourth-order valence-corrected chi connectivity index (χ4v) is 6.80. The minimum absolute atomic E-state index is 0.107. The molecule has 2 nitrogen and oxygen atoms in total. The molecule has 4 aliphatic carbocycles. The van der Waals surface area contributed by atoms with E-state index in [1.54, 1.807) is 0 Å². The summed E-state index contributed by atoms with van der Waals surface area (Å²) >= 11 is 0. The Labute approximate surface area is 134 Å². The number of hydrogen-bond acceptors (Lipinski definition) is 2. The fraction of sp³-hybridized carbons (Fsp3) is 0.850. The molecule has 0 aliphatic heterocycles. The van der Waals surface area contributed by atoms with Crippen molar-refractivity contribution in [3.8, 4) is 0 Å². The van der Waals surface area contributed by atoms with Crippen LogP contribution in [0, 0.1) is 28.6 Å². The molecule has 22 heavy (non-hydrogen) atoms. The Hall–Kier alpha value is -0.630. The van der Waals surface area contributed by atoms with Gasteiger partial charge in [-0.2, -0.15) is 0 Å². The van der Waals surface area contributed by atoms with Gasteiger partial charge in [0.25, 0.3) is 0 Å². The Kier molecular flexibility index (Phi) is 3.03. The molecule has 2 heteroatoms. The van der Waals surface area contributed by atoms with Crippen molar-refractivity contribution in [3.05, 3.63) is 11.6 Å². The first kappa shape index (κ1) is 14.9. The Morgan fingerprint density at radius 2 is 1.73 bits per heavy atom. The predicted octanol–water partition coefficient (Wildman–Crippen LogP) is 4.27. The third kappa shape index (κ3) is 1.74. The molecule has 1 N–H and O–H groups in total. The number of fused-ring (bicyclic) bond motifs is 5. The van der Waals surface area contributed by atoms with Gasteiger partial charge in [-0.05, 0) is 86.5 Å². The van der Waals surface area contributed by atoms with Crippen LogP contribution in [-0.4, -0.2) is 16.5 Å². The molecule has 3 fully saturated rings. The molecule has 6 atom stereocenters. The third-order valence-electron chi connectivity index (χ3n) is 8.52. The van der Waals surface area contributed by atoms with Gasteiger partial charge in [-0.25, -0.2) is 0 Å². The Morgan fingerprint density at radius 1 is 1.00 bits per heavy atom. The summed E-state index contributed by atoms with van der Waals surface area (Å²) in [5.74, 6) is 2.50. The van der Waals surface area contributed by atoms with Crippen LogP contribution in [0.2, 0.25) is 0 Å². The second-order valence-electron chi connectivity index (χ2n) is 9.24. The van der Waals surface area contributed by atoms with Crippen LogP contribution >= 0.6 is 0 Å². The molecule has 0 spiro atoms. The highest BCUT2D eigenvalue weighted by molar-refractivity contribution is 5.91. The molecule has 3 saturated carbocycles. The highest BCUT2D eigenvalue weighted by Gasteiger charge is 2.62. The van der Waals surface area contributed by atoms with Gasteiger partial charge in [0, 0.05) is 6.42 Å². The van der Waals surface area contributed by atoms with E-state index in [2.05, 4.69) is 20.8 Å². The molecular weight excluding hydrogens is 272 g/mol. The quantitative estimate of drug-likeness (QED) is 0.725. The van der Waals surface area contributed by atoms with Crippen molar-refractivity contribution >= 4 is 5.78 Å². The van der Waals surface area contributed by atoms with E-state index >= 15 is 0 Å². The minimum atomic E-state index is -0.484. The highest BCUT2D eigenvalue weighted by Crippen LogP contribution is 2.67. The van der Waals surface area contributed by atoms with Crippen LogP contribution in [0.15, 0.2) is 11.6 Å². The Balaban J connectivity index is 1.70. The summed E-state index contributed by atoms with van der Waals surface area (Å²) in [5.41, 5.74) is 1.32. The van der Waals surface area contributed by atoms with Gasteiger partial charge in [0.05, 0.1) is 5.60 Å². The molecule has 0 bridgehead atoms. The maximum absolute atomic E-state index is 11.8. The van der Waals surface area contributed by atoms with Crippen molar-refractivity contribution in [1.82, 2.24) is 0 Å². The van der Waals surface area contributed by atoms with Gasteiger partial charge in [0.2, 0.25) is 0 Å². The van der Waals surface area contributed by atoms with Gasteiger partial charge in [-0.15, -0.1) is 0 Å². The van der Waals surface area contributed by atoms with Gasteiger partial charge < -0.3 is 5.11 Å². The van der Waals surface area contributed by atoms with Crippen molar-refractivity contribution < 1.29 is 9.90 Å². The number of allylic oxidation sites excluding steroid dienone is 1. The summed E-state index contributed by atoms with van der Waals surface area (Å²) in [4.78, 5) is 11.8. The van der Waals surface area contributed by atoms with Gasteiger partial charge >= 0.3 is 0 Å². The molecule has 122 valence electrons. The van der Waals surface area contributed by atoms with E-state index in [9.17, 15) is 9.90 Å². The zero-order valence-electron chi connectivity index (χ0n) is 14.3. The summed E-state index contributed by atoms with van der Waals surface area (Å²) in [6, 6.07) is 0. The molecule has 0 heterocycles. The monoisotopic (exact) mass is 302 g/mol. The van der Waals surface area contributed by atoms with E-state index in [4.69, 9.17) is 0 Å². The maximum Gasteiger partial charge on any atom is 0.155 e. The number of hydrogen-bond donors (Lipinski definition) is 1. The molecule has 0 saturated heterocycles. The van der Waals surface area contributed by atoms with E-state index in [-0.39, 0.29) is 10.8 Å². The Morgan fingerprint density at radius 3 is 2.50 bits per heavy atom. The molecule has 0 aromatic heterocycles. The minimum Gasteiger partial charge on any atom is -0.390 e. The molecule has 4 rings (SSSR count). The van der Waals surface area contributed by atoms with E-state index < -0.39 is 5.60 Å². The SMILES string of the molecule is C[C@@]12CCC(=O)C=C1CC[C@H]1C2CC[C@]2(C)C1CC[C@@]2(C)O. The average molecular weight is 302 g/mol. The first-order valence-electron chi connectivity index (χ1n) is 9.24. The standard InChI is InChI=1S/C20H30O2/c1-18-9-6-14(21)12-13(18)4-5-15-16(18)7-10-19(2)17(15)8-11-20(19,3)22/h12,15-17,22H,4-11H2,1-3H3/t15-,16?,17?,18+,19+,20+/m0/s1. The number of carbonyl (C=O) groups excluding carboxylic acids is 1. The molecule has 0 amide bonds. The second-order valence-corrected chi connectivity index (χ2v) is 9.24. The summed E-state index contributed by atoms with van der Waals surface area (Å²) in [7, 11) is 0. The van der Waals surface area contributed by atoms with Crippen LogP contribution in [0.5, 0.6) is 0 Å². The van der Waals surface area contributed by atoms with E-state index in [1.807, 2.05) is 6.08 Å². The highest BCUT2D eigenvalue weighted by atomic mass is 16.3. The molecular formula is C20H30O2. The van der Waals surface area contributed by atoms with Crippen LogP contribution < -0.4 is 0 Å². The molecule has 0 aromatic rings. The van der Waals surface area contributed by atoms with Crippen molar-refractivity contribution in [2.75, 3.05) is 0 Å². The maximum atomic E-state index is 11.8. The van der Waals surface area contributed by atoms with E-state index in [1.165, 1.54) is 24.8 Å². The van der Waals surface area contributed by atoms with Crippen LogP contribution in [0.4, 0.5) is 0 Å². The lowest BCUT2D eigenvalue weighted by atomic mass is 9.46. The zero-order valence-corrected chi connectivity index (χ0v) is 14.3. The predicted molar refractivity (Wildman–Crippen MR) is 87.3 cm³/mol. The smallest absolute Gasteiger partial charge is 0.155 e. The largest absolute Gasteiger partial charge is 0.390 e. The van der Waals surface area contributed by atoms with Crippen LogP contribution in [-0.2, 0) is 4.79 Å². The van der Waals surface area contributed by atoms with E-state index in [0.717, 1.165) is 43.9 Å². The fourth-order valence-electron chi connectivity index (χ4n) is 6.80. The number of aliphatic hydroxyl groups is 1. The van der Waals surface area contributed by atoms with Crippen LogP contribution in [0.1, 0.15) is 72.1 Å². The molecule has 0 aromatic carbocycles. The van der Waals surface area contributed by atoms with Gasteiger partial charge in [0.15, 0.2) is 5.78 Å². The third-order valence-corrected chi connectivity index (χ3v) is 8.52. The number of carbonyl (C=O) groups is 1. The van der Waals surface area contributed by atoms with Gasteiger partial charge in [-0.1, -0.05) is 19.4 Å². The number of rotatable bonds is 0. The van der Waals surface area contributed by atoms with Gasteiger partial charge in [-0.3, -0.25) is 4.79 Å². The first-order valence-corrected chi connectivity index (χ1v) is 9.24. The van der Waals surface area contributed by atoms with Crippen LogP contribution in [0.25, 0.3) is 0 Å². The average Bonchev–Trinajstić information content (AvgIpc) is 2.70. The van der Waals surface area contributed by atoms with Crippen molar-refractivity contribution in [1.29, 1.82) is 0 Å². The summed E-state index contributed by atoms with van der Waals surface area (Å²) in [6.45, 7) is 6.85. The van der Waals surface area contributed by atoms with Crippen LogP contribution in [0.3, 0.4) is 0 Å². The zero-order chi connectivity index (χ0) is 15.8. The molecule has 2 unspecified atom stereocenters. The summed E-state index contributed by atoms with van der Waals surface area (Å²) in [6.07, 6.45) is 10.7. The second kappa shape index (κ2) is 4.47. The number of ketones is 1. The topological polar surface area (TPSA) is 37.3 Å². The normalized spacial score (nSPS) is 54.3. The lowest BCUT2D eigenvalue weighted by molar-refractivity contribution is -0.124. The molecule has 0 radical (unpaired) electrons. The molecule has 4 aliphatic rings.